The fraction of sp³-hybridized carbons (Fsp3) is 0. The molecule has 0 unspecified atom stereocenters. The fourth-order valence-corrected chi connectivity index (χ4v) is 2.95. The van der Waals surface area contributed by atoms with Gasteiger partial charge < -0.3 is 4.74 Å². The summed E-state index contributed by atoms with van der Waals surface area (Å²) in [4.78, 5) is 25.3. The number of carbonyl (C=O) groups excluding carboxylic acids is 2. The molecule has 3 aromatic carbocycles. The first kappa shape index (κ1) is 15.1. The molecule has 0 amide bonds. The predicted molar refractivity (Wildman–Crippen MR) is 96.4 cm³/mol. The van der Waals surface area contributed by atoms with E-state index in [0.29, 0.717) is 33.8 Å². The maximum Gasteiger partial charge on any atom is 0.194 e. The second-order valence-electron chi connectivity index (χ2n) is 5.79. The highest BCUT2D eigenvalue weighted by molar-refractivity contribution is 6.28. The Labute approximate surface area is 145 Å². The maximum atomic E-state index is 12.7. The second-order valence-corrected chi connectivity index (χ2v) is 5.79. The minimum atomic E-state index is -0.155. The first-order chi connectivity index (χ1) is 12.2. The largest absolute Gasteiger partial charge is 0.457 e. The van der Waals surface area contributed by atoms with Gasteiger partial charge in [-0.2, -0.15) is 0 Å². The summed E-state index contributed by atoms with van der Waals surface area (Å²) in [5.41, 5.74) is 2.68. The molecule has 0 N–H and O–H groups in total. The van der Waals surface area contributed by atoms with Gasteiger partial charge in [-0.25, -0.2) is 0 Å². The van der Waals surface area contributed by atoms with Crippen molar-refractivity contribution in [3.05, 3.63) is 101 Å². The molecule has 0 saturated carbocycles. The first-order valence-corrected chi connectivity index (χ1v) is 7.90. The summed E-state index contributed by atoms with van der Waals surface area (Å²) in [6, 6.07) is 19.3. The van der Waals surface area contributed by atoms with E-state index in [0.717, 1.165) is 5.56 Å². The Morgan fingerprint density at radius 1 is 0.680 bits per heavy atom. The lowest BCUT2D eigenvalue weighted by Gasteiger charge is -2.18. The molecular formula is C22H14O3. The predicted octanol–water partition coefficient (Wildman–Crippen LogP) is 4.90. The van der Waals surface area contributed by atoms with Crippen molar-refractivity contribution in [2.45, 2.75) is 0 Å². The van der Waals surface area contributed by atoms with Crippen LogP contribution in [-0.2, 0) is 0 Å². The molecule has 1 aliphatic carbocycles. The zero-order valence-electron chi connectivity index (χ0n) is 13.4. The third-order valence-corrected chi connectivity index (χ3v) is 4.25. The Hall–Kier alpha value is -3.46. The normalized spacial score (nSPS) is 12.3. The van der Waals surface area contributed by atoms with Crippen LogP contribution < -0.4 is 4.74 Å². The lowest BCUT2D eigenvalue weighted by atomic mass is 9.84. The lowest BCUT2D eigenvalue weighted by Crippen LogP contribution is -2.20. The lowest BCUT2D eigenvalue weighted by molar-refractivity contribution is 0.0979. The molecule has 0 fully saturated rings. The van der Waals surface area contributed by atoms with Crippen LogP contribution in [0.2, 0.25) is 0 Å². The maximum absolute atomic E-state index is 12.7. The molecule has 0 atom stereocenters. The first-order valence-electron chi connectivity index (χ1n) is 7.90. The van der Waals surface area contributed by atoms with Crippen LogP contribution in [0.25, 0.3) is 6.08 Å². The van der Waals surface area contributed by atoms with Crippen molar-refractivity contribution in [3.8, 4) is 11.5 Å². The molecule has 3 aromatic rings. The van der Waals surface area contributed by atoms with Gasteiger partial charge in [0.1, 0.15) is 11.5 Å². The molecule has 0 aromatic heterocycles. The van der Waals surface area contributed by atoms with Gasteiger partial charge >= 0.3 is 0 Å². The summed E-state index contributed by atoms with van der Waals surface area (Å²) in [5, 5.41) is 0. The SMILES string of the molecule is C=Cc1ccc(Oc2ccc3c(c2)C(=O)c2ccccc2C3=O)cc1. The molecule has 25 heavy (non-hydrogen) atoms. The number of hydrogen-bond donors (Lipinski definition) is 0. The van der Waals surface area contributed by atoms with Gasteiger partial charge in [-0.05, 0) is 35.9 Å². The summed E-state index contributed by atoms with van der Waals surface area (Å²) in [5.74, 6) is 0.885. The highest BCUT2D eigenvalue weighted by Crippen LogP contribution is 2.31. The Morgan fingerprint density at radius 3 is 1.88 bits per heavy atom. The molecule has 3 nitrogen and oxygen atoms in total. The van der Waals surface area contributed by atoms with Crippen LogP contribution in [0.4, 0.5) is 0 Å². The van der Waals surface area contributed by atoms with Crippen LogP contribution in [0.5, 0.6) is 11.5 Å². The standard InChI is InChI=1S/C22H14O3/c1-2-14-7-9-15(10-8-14)25-16-11-12-19-20(13-16)22(24)18-6-4-3-5-17(18)21(19)23/h2-13H,1H2. The molecule has 0 bridgehead atoms. The number of ketones is 2. The number of carbonyl (C=O) groups is 2. The molecule has 0 saturated heterocycles. The molecule has 0 spiro atoms. The van der Waals surface area contributed by atoms with Crippen molar-refractivity contribution in [1.82, 2.24) is 0 Å². The Kier molecular flexibility index (Phi) is 3.55. The smallest absolute Gasteiger partial charge is 0.194 e. The van der Waals surface area contributed by atoms with Crippen LogP contribution in [0.15, 0.2) is 73.3 Å². The van der Waals surface area contributed by atoms with Gasteiger partial charge in [0, 0.05) is 22.3 Å². The fourth-order valence-electron chi connectivity index (χ4n) is 2.95. The van der Waals surface area contributed by atoms with Gasteiger partial charge in [-0.1, -0.05) is 49.1 Å². The van der Waals surface area contributed by atoms with Crippen molar-refractivity contribution >= 4 is 17.6 Å². The van der Waals surface area contributed by atoms with Crippen LogP contribution in [0.1, 0.15) is 37.4 Å². The van der Waals surface area contributed by atoms with Crippen molar-refractivity contribution in [2.24, 2.45) is 0 Å². The second kappa shape index (κ2) is 5.87. The highest BCUT2D eigenvalue weighted by Gasteiger charge is 2.29. The van der Waals surface area contributed by atoms with E-state index in [1.54, 1.807) is 48.5 Å². The molecule has 120 valence electrons. The average molecular weight is 326 g/mol. The third-order valence-electron chi connectivity index (χ3n) is 4.25. The summed E-state index contributed by atoms with van der Waals surface area (Å²) >= 11 is 0. The van der Waals surface area contributed by atoms with Gasteiger partial charge in [0.05, 0.1) is 0 Å². The van der Waals surface area contributed by atoms with Crippen LogP contribution in [0, 0.1) is 0 Å². The molecule has 0 heterocycles. The van der Waals surface area contributed by atoms with E-state index in [-0.39, 0.29) is 11.6 Å². The molecule has 4 rings (SSSR count). The van der Waals surface area contributed by atoms with E-state index >= 15 is 0 Å². The summed E-state index contributed by atoms with van der Waals surface area (Å²) < 4.78 is 5.82. The minimum Gasteiger partial charge on any atom is -0.457 e. The van der Waals surface area contributed by atoms with Gasteiger partial charge in [0.2, 0.25) is 0 Å². The van der Waals surface area contributed by atoms with Crippen molar-refractivity contribution in [2.75, 3.05) is 0 Å². The number of ether oxygens (including phenoxy) is 1. The monoisotopic (exact) mass is 326 g/mol. The number of fused-ring (bicyclic) bond motifs is 2. The number of benzene rings is 3. The van der Waals surface area contributed by atoms with E-state index in [4.69, 9.17) is 4.74 Å². The molecule has 1 aliphatic rings. The zero-order chi connectivity index (χ0) is 17.4. The van der Waals surface area contributed by atoms with E-state index in [9.17, 15) is 9.59 Å². The van der Waals surface area contributed by atoms with Gasteiger partial charge in [0.15, 0.2) is 11.6 Å². The molecule has 3 heteroatoms. The Balaban J connectivity index is 1.71. The van der Waals surface area contributed by atoms with Crippen LogP contribution in [-0.4, -0.2) is 11.6 Å². The third kappa shape index (κ3) is 2.56. The summed E-state index contributed by atoms with van der Waals surface area (Å²) in [6.07, 6.45) is 1.75. The van der Waals surface area contributed by atoms with E-state index < -0.39 is 0 Å². The van der Waals surface area contributed by atoms with Crippen LogP contribution >= 0.6 is 0 Å². The summed E-state index contributed by atoms with van der Waals surface area (Å²) in [6.45, 7) is 3.72. The van der Waals surface area contributed by atoms with E-state index in [2.05, 4.69) is 6.58 Å². The minimum absolute atomic E-state index is 0.132. The molecule has 0 aliphatic heterocycles. The van der Waals surface area contributed by atoms with Crippen molar-refractivity contribution < 1.29 is 14.3 Å². The molecular weight excluding hydrogens is 312 g/mol. The Bertz CT molecular complexity index is 1010. The van der Waals surface area contributed by atoms with Gasteiger partial charge in [0.25, 0.3) is 0 Å². The van der Waals surface area contributed by atoms with E-state index in [1.165, 1.54) is 0 Å². The van der Waals surface area contributed by atoms with Crippen molar-refractivity contribution in [3.63, 3.8) is 0 Å². The quantitative estimate of drug-likeness (QED) is 0.538. The number of rotatable bonds is 3. The average Bonchev–Trinajstić information content (AvgIpc) is 2.67. The van der Waals surface area contributed by atoms with Gasteiger partial charge in [-0.3, -0.25) is 9.59 Å². The summed E-state index contributed by atoms with van der Waals surface area (Å²) in [7, 11) is 0. The topological polar surface area (TPSA) is 43.4 Å². The van der Waals surface area contributed by atoms with Crippen LogP contribution in [0.3, 0.4) is 0 Å². The highest BCUT2D eigenvalue weighted by atomic mass is 16.5. The van der Waals surface area contributed by atoms with E-state index in [1.807, 2.05) is 24.3 Å². The molecule has 0 radical (unpaired) electrons. The zero-order valence-corrected chi connectivity index (χ0v) is 13.4. The van der Waals surface area contributed by atoms with Crippen molar-refractivity contribution in [1.29, 1.82) is 0 Å². The van der Waals surface area contributed by atoms with Gasteiger partial charge in [-0.15, -0.1) is 0 Å². The Morgan fingerprint density at radius 2 is 1.24 bits per heavy atom. The number of hydrogen-bond acceptors (Lipinski definition) is 3.